The Morgan fingerprint density at radius 3 is 2.26 bits per heavy atom. The molecular formula is C16H18N2O4S. The Kier molecular flexibility index (Phi) is 5.72. The molecule has 2 rings (SSSR count). The van der Waals surface area contributed by atoms with Crippen LogP contribution in [0.25, 0.3) is 0 Å². The number of amides is 1. The number of carbonyl (C=O) groups is 1. The Morgan fingerprint density at radius 1 is 1.00 bits per heavy atom. The van der Waals surface area contributed by atoms with Crippen LogP contribution in [0.5, 0.6) is 0 Å². The number of alkyl carbamates (subject to hydrolysis) is 1. The Labute approximate surface area is 135 Å². The second-order valence-corrected chi connectivity index (χ2v) is 6.49. The zero-order valence-electron chi connectivity index (χ0n) is 12.4. The van der Waals surface area contributed by atoms with E-state index < -0.39 is 16.1 Å². The third-order valence-corrected chi connectivity index (χ3v) is 4.08. The second-order valence-electron chi connectivity index (χ2n) is 4.93. The lowest BCUT2D eigenvalue weighted by Crippen LogP contribution is -2.26. The molecule has 0 bridgehead atoms. The van der Waals surface area contributed by atoms with Gasteiger partial charge in [0.05, 0.1) is 4.90 Å². The van der Waals surface area contributed by atoms with Crippen LogP contribution in [0.15, 0.2) is 59.5 Å². The summed E-state index contributed by atoms with van der Waals surface area (Å²) in [6.07, 6.45) is 0.0701. The number of benzene rings is 2. The van der Waals surface area contributed by atoms with Gasteiger partial charge in [0, 0.05) is 6.54 Å². The summed E-state index contributed by atoms with van der Waals surface area (Å²) in [6, 6.07) is 15.6. The van der Waals surface area contributed by atoms with Crippen LogP contribution in [0.1, 0.15) is 11.1 Å². The molecule has 0 spiro atoms. The summed E-state index contributed by atoms with van der Waals surface area (Å²) >= 11 is 0. The fourth-order valence-corrected chi connectivity index (χ4v) is 2.44. The summed E-state index contributed by atoms with van der Waals surface area (Å²) in [5.41, 5.74) is 1.81. The molecule has 2 aromatic carbocycles. The van der Waals surface area contributed by atoms with Gasteiger partial charge in [0.15, 0.2) is 0 Å². The standard InChI is InChI=1S/C16H18N2O4S/c17-23(20,21)15-8-6-13(7-9-15)10-11-18-16(19)22-12-14-4-2-1-3-5-14/h1-9H,10-12H2,(H,18,19)(H2,17,20,21). The van der Waals surface area contributed by atoms with E-state index in [1.807, 2.05) is 30.3 Å². The number of nitrogens with two attached hydrogens (primary N) is 1. The highest BCUT2D eigenvalue weighted by molar-refractivity contribution is 7.89. The van der Waals surface area contributed by atoms with Crippen LogP contribution in [-0.2, 0) is 27.8 Å². The topological polar surface area (TPSA) is 98.5 Å². The van der Waals surface area contributed by atoms with Crippen molar-refractivity contribution in [3.63, 3.8) is 0 Å². The first-order chi connectivity index (χ1) is 10.9. The monoisotopic (exact) mass is 334 g/mol. The summed E-state index contributed by atoms with van der Waals surface area (Å²) in [6.45, 7) is 0.609. The average Bonchev–Trinajstić information content (AvgIpc) is 2.53. The average molecular weight is 334 g/mol. The summed E-state index contributed by atoms with van der Waals surface area (Å²) in [7, 11) is -3.68. The van der Waals surface area contributed by atoms with E-state index in [1.54, 1.807) is 12.1 Å². The van der Waals surface area contributed by atoms with Gasteiger partial charge in [-0.3, -0.25) is 0 Å². The Balaban J connectivity index is 1.73. The first kappa shape index (κ1) is 17.0. The van der Waals surface area contributed by atoms with Crippen molar-refractivity contribution in [2.24, 2.45) is 5.14 Å². The van der Waals surface area contributed by atoms with Crippen LogP contribution in [0.4, 0.5) is 4.79 Å². The number of primary sulfonamides is 1. The number of rotatable bonds is 6. The first-order valence-corrected chi connectivity index (χ1v) is 8.56. The van der Waals surface area contributed by atoms with Crippen molar-refractivity contribution in [3.05, 3.63) is 65.7 Å². The van der Waals surface area contributed by atoms with Gasteiger partial charge >= 0.3 is 6.09 Å². The minimum atomic E-state index is -3.68. The van der Waals surface area contributed by atoms with Crippen LogP contribution in [0.2, 0.25) is 0 Å². The van der Waals surface area contributed by atoms with Crippen molar-refractivity contribution in [3.8, 4) is 0 Å². The first-order valence-electron chi connectivity index (χ1n) is 7.01. The molecule has 1 amide bonds. The lowest BCUT2D eigenvalue weighted by molar-refractivity contribution is 0.140. The number of hydrogen-bond donors (Lipinski definition) is 2. The molecule has 0 aliphatic carbocycles. The van der Waals surface area contributed by atoms with Crippen molar-refractivity contribution in [2.75, 3.05) is 6.54 Å². The van der Waals surface area contributed by atoms with E-state index in [-0.39, 0.29) is 11.5 Å². The van der Waals surface area contributed by atoms with Gasteiger partial charge in [0.2, 0.25) is 10.0 Å². The molecule has 0 heterocycles. The lowest BCUT2D eigenvalue weighted by Gasteiger charge is -2.07. The maximum Gasteiger partial charge on any atom is 0.407 e. The fourth-order valence-electron chi connectivity index (χ4n) is 1.93. The lowest BCUT2D eigenvalue weighted by atomic mass is 10.1. The highest BCUT2D eigenvalue weighted by Gasteiger charge is 2.07. The maximum absolute atomic E-state index is 11.6. The van der Waals surface area contributed by atoms with Gasteiger partial charge in [0.25, 0.3) is 0 Å². The van der Waals surface area contributed by atoms with E-state index in [1.165, 1.54) is 12.1 Å². The van der Waals surface area contributed by atoms with Gasteiger partial charge in [-0.1, -0.05) is 42.5 Å². The largest absolute Gasteiger partial charge is 0.445 e. The van der Waals surface area contributed by atoms with E-state index in [4.69, 9.17) is 9.88 Å². The second kappa shape index (κ2) is 7.75. The van der Waals surface area contributed by atoms with Gasteiger partial charge in [0.1, 0.15) is 6.61 Å². The van der Waals surface area contributed by atoms with Crippen molar-refractivity contribution in [1.29, 1.82) is 0 Å². The molecule has 0 aromatic heterocycles. The van der Waals surface area contributed by atoms with Crippen molar-refractivity contribution >= 4 is 16.1 Å². The summed E-state index contributed by atoms with van der Waals surface area (Å²) in [5, 5.41) is 7.67. The number of ether oxygens (including phenoxy) is 1. The van der Waals surface area contributed by atoms with Crippen LogP contribution in [-0.4, -0.2) is 21.1 Å². The van der Waals surface area contributed by atoms with Gasteiger partial charge in [-0.25, -0.2) is 18.4 Å². The van der Waals surface area contributed by atoms with E-state index in [2.05, 4.69) is 5.32 Å². The third-order valence-electron chi connectivity index (χ3n) is 3.15. The summed E-state index contributed by atoms with van der Waals surface area (Å²) in [5.74, 6) is 0. The molecule has 0 fully saturated rings. The summed E-state index contributed by atoms with van der Waals surface area (Å²) in [4.78, 5) is 11.6. The van der Waals surface area contributed by atoms with Crippen LogP contribution < -0.4 is 10.5 Å². The predicted molar refractivity (Wildman–Crippen MR) is 86.1 cm³/mol. The minimum Gasteiger partial charge on any atom is -0.445 e. The zero-order chi connectivity index (χ0) is 16.7. The fraction of sp³-hybridized carbons (Fsp3) is 0.188. The molecule has 3 N–H and O–H groups in total. The molecule has 0 aliphatic heterocycles. The zero-order valence-corrected chi connectivity index (χ0v) is 13.3. The maximum atomic E-state index is 11.6. The van der Waals surface area contributed by atoms with Gasteiger partial charge in [-0.05, 0) is 29.7 Å². The molecule has 122 valence electrons. The molecule has 0 atom stereocenters. The molecule has 23 heavy (non-hydrogen) atoms. The van der Waals surface area contributed by atoms with Gasteiger partial charge in [-0.15, -0.1) is 0 Å². The number of nitrogens with one attached hydrogen (secondary N) is 1. The molecule has 7 heteroatoms. The van der Waals surface area contributed by atoms with Crippen LogP contribution in [0.3, 0.4) is 0 Å². The molecule has 2 aromatic rings. The van der Waals surface area contributed by atoms with E-state index in [0.717, 1.165) is 11.1 Å². The number of hydrogen-bond acceptors (Lipinski definition) is 4. The third kappa shape index (κ3) is 5.72. The summed E-state index contributed by atoms with van der Waals surface area (Å²) < 4.78 is 27.4. The van der Waals surface area contributed by atoms with E-state index >= 15 is 0 Å². The van der Waals surface area contributed by atoms with Crippen molar-refractivity contribution < 1.29 is 17.9 Å². The smallest absolute Gasteiger partial charge is 0.407 e. The quantitative estimate of drug-likeness (QED) is 0.841. The van der Waals surface area contributed by atoms with Crippen molar-refractivity contribution in [2.45, 2.75) is 17.9 Å². The number of sulfonamides is 1. The Hall–Kier alpha value is -2.38. The van der Waals surface area contributed by atoms with Gasteiger partial charge in [-0.2, -0.15) is 0 Å². The molecule has 0 radical (unpaired) electrons. The normalized spacial score (nSPS) is 11.0. The van der Waals surface area contributed by atoms with E-state index in [9.17, 15) is 13.2 Å². The molecule has 0 unspecified atom stereocenters. The molecular weight excluding hydrogens is 316 g/mol. The van der Waals surface area contributed by atoms with E-state index in [0.29, 0.717) is 13.0 Å². The van der Waals surface area contributed by atoms with Crippen molar-refractivity contribution in [1.82, 2.24) is 5.32 Å². The molecule has 0 saturated heterocycles. The SMILES string of the molecule is NS(=O)(=O)c1ccc(CCNC(=O)OCc2ccccc2)cc1. The Bertz CT molecular complexity index is 743. The Morgan fingerprint density at radius 2 is 1.65 bits per heavy atom. The minimum absolute atomic E-state index is 0.0662. The van der Waals surface area contributed by atoms with Gasteiger partial charge < -0.3 is 10.1 Å². The predicted octanol–water partition coefficient (Wildman–Crippen LogP) is 1.80. The van der Waals surface area contributed by atoms with Crippen LogP contribution in [0, 0.1) is 0 Å². The highest BCUT2D eigenvalue weighted by atomic mass is 32.2. The molecule has 6 nitrogen and oxygen atoms in total. The highest BCUT2D eigenvalue weighted by Crippen LogP contribution is 2.09. The number of carbonyl (C=O) groups excluding carboxylic acids is 1. The molecule has 0 aliphatic rings. The van der Waals surface area contributed by atoms with Crippen LogP contribution >= 0.6 is 0 Å². The molecule has 0 saturated carbocycles.